The summed E-state index contributed by atoms with van der Waals surface area (Å²) in [6.45, 7) is 0.392. The number of hydrogen-bond acceptors (Lipinski definition) is 9. The molecule has 0 radical (unpaired) electrons. The minimum Gasteiger partial charge on any atom is -0.388 e. The number of aliphatic hydroxyl groups excluding tert-OH is 2. The van der Waals surface area contributed by atoms with Gasteiger partial charge in [-0.1, -0.05) is 6.42 Å². The quantitative estimate of drug-likeness (QED) is 0.285. The van der Waals surface area contributed by atoms with Gasteiger partial charge in [0.2, 0.25) is 27.7 Å². The Labute approximate surface area is 210 Å². The molecule has 36 heavy (non-hydrogen) atoms. The van der Waals surface area contributed by atoms with E-state index in [0.717, 1.165) is 29.8 Å². The van der Waals surface area contributed by atoms with Crippen LogP contribution in [0.25, 0.3) is 0 Å². The molecule has 13 nitrogen and oxygen atoms in total. The molecule has 0 aromatic heterocycles. The summed E-state index contributed by atoms with van der Waals surface area (Å²) in [7, 11) is -3.73. The zero-order valence-electron chi connectivity index (χ0n) is 20.3. The number of nitrogens with zero attached hydrogens (tertiary/aromatic N) is 3. The number of piperazine rings is 1. The second kappa shape index (κ2) is 9.80. The largest absolute Gasteiger partial charge is 0.388 e. The molecule has 7 atom stereocenters. The number of nitrogens with one attached hydrogen (secondary N) is 2. The number of rotatable bonds is 2. The van der Waals surface area contributed by atoms with Crippen LogP contribution in [0.2, 0.25) is 0 Å². The van der Waals surface area contributed by atoms with Gasteiger partial charge in [-0.05, 0) is 19.3 Å². The van der Waals surface area contributed by atoms with Crippen LogP contribution in [0.3, 0.4) is 0 Å². The van der Waals surface area contributed by atoms with Crippen molar-refractivity contribution in [2.75, 3.05) is 39.0 Å². The van der Waals surface area contributed by atoms with Crippen LogP contribution in [0.15, 0.2) is 0 Å². The Balaban J connectivity index is 1.44. The SMILES string of the molecule is CS(=O)(=O)N1CCN2C[C@H]1C(=O)NC[C@H]1O[C@@H](CC(=O)N[C@H]3C[C@@H](C2=O)N(C2CCC2)C3)[C@H](O)[C@@H]1O. The highest BCUT2D eigenvalue weighted by molar-refractivity contribution is 7.88. The maximum Gasteiger partial charge on any atom is 0.240 e. The number of aliphatic hydroxyl groups is 2. The number of sulfonamides is 1. The van der Waals surface area contributed by atoms with Crippen molar-refractivity contribution in [2.24, 2.45) is 0 Å². The van der Waals surface area contributed by atoms with Gasteiger partial charge in [-0.3, -0.25) is 19.3 Å². The highest BCUT2D eigenvalue weighted by atomic mass is 32.2. The van der Waals surface area contributed by atoms with Gasteiger partial charge in [-0.15, -0.1) is 0 Å². The summed E-state index contributed by atoms with van der Waals surface area (Å²) >= 11 is 0. The van der Waals surface area contributed by atoms with E-state index in [2.05, 4.69) is 15.5 Å². The molecule has 3 amide bonds. The number of carbonyl (C=O) groups is 3. The Morgan fingerprint density at radius 3 is 2.39 bits per heavy atom. The van der Waals surface area contributed by atoms with E-state index in [1.807, 2.05) is 0 Å². The van der Waals surface area contributed by atoms with Crippen LogP contribution in [-0.2, 0) is 29.1 Å². The van der Waals surface area contributed by atoms with E-state index in [0.29, 0.717) is 13.0 Å². The van der Waals surface area contributed by atoms with Crippen molar-refractivity contribution in [3.63, 3.8) is 0 Å². The van der Waals surface area contributed by atoms with E-state index in [4.69, 9.17) is 4.74 Å². The molecule has 5 aliphatic rings. The fourth-order valence-corrected chi connectivity index (χ4v) is 7.11. The molecule has 1 saturated carbocycles. The summed E-state index contributed by atoms with van der Waals surface area (Å²) in [5, 5.41) is 26.4. The first-order valence-corrected chi connectivity index (χ1v) is 14.5. The zero-order chi connectivity index (χ0) is 25.8. The molecule has 4 aliphatic heterocycles. The van der Waals surface area contributed by atoms with E-state index in [1.165, 1.54) is 0 Å². The van der Waals surface area contributed by atoms with Gasteiger partial charge in [-0.2, -0.15) is 4.31 Å². The number of hydrogen-bond donors (Lipinski definition) is 4. The average Bonchev–Trinajstić information content (AvgIpc) is 3.30. The molecule has 0 aromatic rings. The molecule has 0 unspecified atom stereocenters. The van der Waals surface area contributed by atoms with Crippen LogP contribution in [-0.4, -0.2) is 138 Å². The van der Waals surface area contributed by atoms with E-state index in [-0.39, 0.29) is 56.5 Å². The van der Waals surface area contributed by atoms with Crippen molar-refractivity contribution < 1.29 is 37.8 Å². The second-order valence-corrected chi connectivity index (χ2v) is 12.5. The Morgan fingerprint density at radius 2 is 1.72 bits per heavy atom. The number of amides is 3. The third-order valence-corrected chi connectivity index (χ3v) is 9.52. The topological polar surface area (TPSA) is 169 Å². The van der Waals surface area contributed by atoms with Crippen LogP contribution in [0.5, 0.6) is 0 Å². The van der Waals surface area contributed by atoms with E-state index in [1.54, 1.807) is 4.90 Å². The number of carbonyl (C=O) groups excluding carboxylic acids is 3. The maximum atomic E-state index is 13.7. The molecule has 4 heterocycles. The van der Waals surface area contributed by atoms with Gasteiger partial charge in [0.25, 0.3) is 0 Å². The first-order valence-electron chi connectivity index (χ1n) is 12.6. The van der Waals surface area contributed by atoms with Gasteiger partial charge >= 0.3 is 0 Å². The molecule has 4 saturated heterocycles. The van der Waals surface area contributed by atoms with Crippen molar-refractivity contribution in [3.05, 3.63) is 0 Å². The van der Waals surface area contributed by atoms with E-state index < -0.39 is 52.4 Å². The van der Waals surface area contributed by atoms with Gasteiger partial charge in [0.1, 0.15) is 24.4 Å². The molecule has 1 aliphatic carbocycles. The minimum absolute atomic E-state index is 0.0116. The Hall–Kier alpha value is -1.84. The molecule has 0 spiro atoms. The molecular formula is C22H35N5O8S. The van der Waals surface area contributed by atoms with Crippen LogP contribution in [0, 0.1) is 0 Å². The fraction of sp³-hybridized carbons (Fsp3) is 0.864. The van der Waals surface area contributed by atoms with Gasteiger partial charge in [0, 0.05) is 44.8 Å². The lowest BCUT2D eigenvalue weighted by Gasteiger charge is -2.43. The fourth-order valence-electron chi connectivity index (χ4n) is 6.07. The molecular weight excluding hydrogens is 494 g/mol. The Morgan fingerprint density at radius 1 is 1.00 bits per heavy atom. The van der Waals surface area contributed by atoms with Gasteiger partial charge in [0.05, 0.1) is 24.8 Å². The maximum absolute atomic E-state index is 13.7. The van der Waals surface area contributed by atoms with Gasteiger partial charge in [-0.25, -0.2) is 8.42 Å². The molecule has 5 rings (SSSR count). The molecule has 6 bridgehead atoms. The van der Waals surface area contributed by atoms with Crippen molar-refractivity contribution >= 4 is 27.7 Å². The highest BCUT2D eigenvalue weighted by Crippen LogP contribution is 2.33. The van der Waals surface area contributed by atoms with E-state index in [9.17, 15) is 33.0 Å². The lowest BCUT2D eigenvalue weighted by Crippen LogP contribution is -2.63. The zero-order valence-corrected chi connectivity index (χ0v) is 21.1. The van der Waals surface area contributed by atoms with Gasteiger partial charge in [0.15, 0.2) is 0 Å². The predicted molar refractivity (Wildman–Crippen MR) is 125 cm³/mol. The summed E-state index contributed by atoms with van der Waals surface area (Å²) in [4.78, 5) is 43.3. The number of likely N-dealkylation sites (tertiary alicyclic amines) is 1. The molecule has 0 aromatic carbocycles. The van der Waals surface area contributed by atoms with Crippen LogP contribution < -0.4 is 10.6 Å². The predicted octanol–water partition coefficient (Wildman–Crippen LogP) is -3.42. The normalized spacial score (nSPS) is 39.6. The number of ether oxygens (including phenoxy) is 1. The summed E-state index contributed by atoms with van der Waals surface area (Å²) in [6.07, 6.45) is -0.256. The highest BCUT2D eigenvalue weighted by Gasteiger charge is 2.48. The molecule has 4 N–H and O–H groups in total. The van der Waals surface area contributed by atoms with Crippen molar-refractivity contribution in [1.82, 2.24) is 24.7 Å². The van der Waals surface area contributed by atoms with Crippen LogP contribution in [0.1, 0.15) is 32.1 Å². The van der Waals surface area contributed by atoms with Crippen LogP contribution >= 0.6 is 0 Å². The third-order valence-electron chi connectivity index (χ3n) is 8.23. The lowest BCUT2D eigenvalue weighted by atomic mass is 9.91. The standard InChI is InChI=1S/C22H35N5O8S/c1-36(33,34)27-6-5-25-11-15(27)21(31)23-9-17-20(30)19(29)16(35-17)8-18(28)24-12-7-14(22(25)32)26(10-12)13-3-2-4-13/h12-17,19-20,29-30H,2-11H2,1H3,(H,23,31)(H,24,28)/t12-,14-,15-,16-,17+,19-,20+/m0/s1. The van der Waals surface area contributed by atoms with Crippen molar-refractivity contribution in [2.45, 2.75) is 80.7 Å². The molecule has 202 valence electrons. The minimum atomic E-state index is -3.73. The third kappa shape index (κ3) is 4.86. The summed E-state index contributed by atoms with van der Waals surface area (Å²) in [5.74, 6) is -1.11. The first kappa shape index (κ1) is 25.8. The van der Waals surface area contributed by atoms with Crippen LogP contribution in [0.4, 0.5) is 0 Å². The lowest BCUT2D eigenvalue weighted by molar-refractivity contribution is -0.141. The van der Waals surface area contributed by atoms with E-state index >= 15 is 0 Å². The van der Waals surface area contributed by atoms with Crippen molar-refractivity contribution in [3.8, 4) is 0 Å². The summed E-state index contributed by atoms with van der Waals surface area (Å²) < 4.78 is 31.7. The Kier molecular flexibility index (Phi) is 7.02. The first-order chi connectivity index (χ1) is 17.0. The smallest absolute Gasteiger partial charge is 0.240 e. The number of fused-ring (bicyclic) bond motifs is 6. The summed E-state index contributed by atoms with van der Waals surface area (Å²) in [5.41, 5.74) is 0. The monoisotopic (exact) mass is 529 g/mol. The van der Waals surface area contributed by atoms with Crippen molar-refractivity contribution in [1.29, 1.82) is 0 Å². The Bertz CT molecular complexity index is 1010. The molecule has 14 heteroatoms. The van der Waals surface area contributed by atoms with Gasteiger partial charge < -0.3 is 30.5 Å². The summed E-state index contributed by atoms with van der Waals surface area (Å²) in [6, 6.07) is -1.62. The average molecular weight is 530 g/mol. The second-order valence-electron chi connectivity index (χ2n) is 10.6. The molecule has 5 fully saturated rings.